The first-order chi connectivity index (χ1) is 8.65. The van der Waals surface area contributed by atoms with Crippen LogP contribution >= 0.6 is 11.6 Å². The summed E-state index contributed by atoms with van der Waals surface area (Å²) in [4.78, 5) is 11.7. The zero-order valence-electron chi connectivity index (χ0n) is 10.2. The van der Waals surface area contributed by atoms with E-state index in [9.17, 15) is 4.79 Å². The Balaban J connectivity index is 2.34. The maximum absolute atomic E-state index is 11.7. The van der Waals surface area contributed by atoms with Crippen molar-refractivity contribution in [3.05, 3.63) is 28.8 Å². The Kier molecular flexibility index (Phi) is 6.54. The van der Waals surface area contributed by atoms with Gasteiger partial charge in [0.25, 0.3) is 0 Å². The van der Waals surface area contributed by atoms with E-state index in [4.69, 9.17) is 27.2 Å². The molecule has 1 rings (SSSR count). The van der Waals surface area contributed by atoms with Crippen LogP contribution in [-0.4, -0.2) is 24.3 Å². The van der Waals surface area contributed by atoms with Crippen LogP contribution in [0, 0.1) is 0 Å². The first kappa shape index (κ1) is 14.8. The number of esters is 1. The van der Waals surface area contributed by atoms with E-state index < -0.39 is 5.97 Å². The Labute approximate surface area is 112 Å². The predicted octanol–water partition coefficient (Wildman–Crippen LogP) is 2.63. The van der Waals surface area contributed by atoms with Gasteiger partial charge in [0, 0.05) is 12.3 Å². The summed E-state index contributed by atoms with van der Waals surface area (Å²) in [7, 11) is 0. The number of ether oxygens (including phenoxy) is 1. The lowest BCUT2D eigenvalue weighted by Gasteiger charge is -2.06. The second kappa shape index (κ2) is 7.95. The molecule has 0 saturated carbocycles. The molecule has 0 aliphatic carbocycles. The van der Waals surface area contributed by atoms with Crippen LogP contribution in [0.4, 0.5) is 5.69 Å². The van der Waals surface area contributed by atoms with Gasteiger partial charge in [0.05, 0.1) is 17.2 Å². The van der Waals surface area contributed by atoms with Gasteiger partial charge in [-0.25, -0.2) is 4.79 Å². The fraction of sp³-hybridized carbons (Fsp3) is 0.462. The van der Waals surface area contributed by atoms with Gasteiger partial charge in [0.15, 0.2) is 0 Å². The van der Waals surface area contributed by atoms with Gasteiger partial charge in [-0.2, -0.15) is 0 Å². The summed E-state index contributed by atoms with van der Waals surface area (Å²) < 4.78 is 5.10. The molecule has 0 aliphatic heterocycles. The number of nitrogen functional groups attached to an aromatic ring is 1. The zero-order chi connectivity index (χ0) is 13.4. The molecule has 0 radical (unpaired) electrons. The molecule has 0 fully saturated rings. The van der Waals surface area contributed by atoms with Gasteiger partial charge >= 0.3 is 5.97 Å². The van der Waals surface area contributed by atoms with Crippen molar-refractivity contribution < 1.29 is 14.6 Å². The molecule has 0 spiro atoms. The number of carbonyl (C=O) groups excluding carboxylic acids is 1. The molecule has 0 aromatic heterocycles. The number of hydrogen-bond donors (Lipinski definition) is 2. The number of unbranched alkanes of at least 4 members (excludes halogenated alkanes) is 3. The fourth-order valence-electron chi connectivity index (χ4n) is 1.51. The normalized spacial score (nSPS) is 10.3. The number of carbonyl (C=O) groups is 1. The van der Waals surface area contributed by atoms with E-state index in [1.807, 2.05) is 0 Å². The highest BCUT2D eigenvalue weighted by Crippen LogP contribution is 2.19. The van der Waals surface area contributed by atoms with Crippen LogP contribution in [0.5, 0.6) is 0 Å². The second-order valence-corrected chi connectivity index (χ2v) is 4.42. The molecule has 0 amide bonds. The van der Waals surface area contributed by atoms with Crippen molar-refractivity contribution in [3.8, 4) is 0 Å². The van der Waals surface area contributed by atoms with E-state index in [-0.39, 0.29) is 6.61 Å². The lowest BCUT2D eigenvalue weighted by Crippen LogP contribution is -2.07. The van der Waals surface area contributed by atoms with E-state index >= 15 is 0 Å². The zero-order valence-corrected chi connectivity index (χ0v) is 10.9. The van der Waals surface area contributed by atoms with Crippen molar-refractivity contribution in [1.29, 1.82) is 0 Å². The van der Waals surface area contributed by atoms with Gasteiger partial charge < -0.3 is 15.6 Å². The van der Waals surface area contributed by atoms with Crippen LogP contribution in [0.2, 0.25) is 5.02 Å². The quantitative estimate of drug-likeness (QED) is 0.454. The topological polar surface area (TPSA) is 72.6 Å². The SMILES string of the molecule is Nc1ccc(Cl)c(C(=O)OCCCCCCO)c1. The van der Waals surface area contributed by atoms with Gasteiger partial charge in [0.1, 0.15) is 0 Å². The van der Waals surface area contributed by atoms with Gasteiger partial charge in [-0.15, -0.1) is 0 Å². The largest absolute Gasteiger partial charge is 0.462 e. The van der Waals surface area contributed by atoms with Crippen LogP contribution in [0.15, 0.2) is 18.2 Å². The smallest absolute Gasteiger partial charge is 0.339 e. The van der Waals surface area contributed by atoms with Gasteiger partial charge in [-0.1, -0.05) is 18.0 Å². The number of rotatable bonds is 7. The lowest BCUT2D eigenvalue weighted by molar-refractivity contribution is 0.0497. The molecular weight excluding hydrogens is 254 g/mol. The maximum Gasteiger partial charge on any atom is 0.339 e. The second-order valence-electron chi connectivity index (χ2n) is 4.01. The van der Waals surface area contributed by atoms with E-state index in [0.717, 1.165) is 25.7 Å². The molecule has 18 heavy (non-hydrogen) atoms. The Morgan fingerprint density at radius 1 is 1.28 bits per heavy atom. The van der Waals surface area contributed by atoms with Crippen molar-refractivity contribution in [1.82, 2.24) is 0 Å². The Bertz CT molecular complexity index is 396. The molecule has 1 aromatic rings. The van der Waals surface area contributed by atoms with Crippen LogP contribution < -0.4 is 5.73 Å². The van der Waals surface area contributed by atoms with E-state index in [1.54, 1.807) is 12.1 Å². The lowest BCUT2D eigenvalue weighted by atomic mass is 10.2. The van der Waals surface area contributed by atoms with Gasteiger partial charge in [0.2, 0.25) is 0 Å². The van der Waals surface area contributed by atoms with Crippen molar-refractivity contribution in [2.75, 3.05) is 18.9 Å². The number of halogens is 1. The minimum absolute atomic E-state index is 0.207. The summed E-state index contributed by atoms with van der Waals surface area (Å²) in [5.74, 6) is -0.450. The molecule has 5 heteroatoms. The Hall–Kier alpha value is -1.26. The standard InChI is InChI=1S/C13H18ClNO3/c14-12-6-5-10(15)9-11(12)13(17)18-8-4-2-1-3-7-16/h5-6,9,16H,1-4,7-8,15H2. The molecule has 0 bridgehead atoms. The third-order valence-corrected chi connectivity index (χ3v) is 2.83. The number of aliphatic hydroxyl groups excluding tert-OH is 1. The molecule has 0 heterocycles. The molecule has 0 aliphatic rings. The molecule has 0 atom stereocenters. The van der Waals surface area contributed by atoms with Crippen LogP contribution in [0.3, 0.4) is 0 Å². The molecule has 3 N–H and O–H groups in total. The summed E-state index contributed by atoms with van der Waals surface area (Å²) in [5, 5.41) is 8.95. The first-order valence-electron chi connectivity index (χ1n) is 5.98. The van der Waals surface area contributed by atoms with Crippen molar-refractivity contribution in [3.63, 3.8) is 0 Å². The monoisotopic (exact) mass is 271 g/mol. The van der Waals surface area contributed by atoms with Gasteiger partial charge in [-0.3, -0.25) is 0 Å². The summed E-state index contributed by atoms with van der Waals surface area (Å²) in [6.07, 6.45) is 3.44. The van der Waals surface area contributed by atoms with E-state index in [0.29, 0.717) is 22.9 Å². The first-order valence-corrected chi connectivity index (χ1v) is 6.36. The molecular formula is C13H18ClNO3. The van der Waals surface area contributed by atoms with Gasteiger partial charge in [-0.05, 0) is 37.5 Å². The predicted molar refractivity (Wildman–Crippen MR) is 71.7 cm³/mol. The highest BCUT2D eigenvalue weighted by molar-refractivity contribution is 6.33. The summed E-state index contributed by atoms with van der Waals surface area (Å²) in [6, 6.07) is 4.72. The van der Waals surface area contributed by atoms with E-state index in [1.165, 1.54) is 6.07 Å². The maximum atomic E-state index is 11.7. The Morgan fingerprint density at radius 3 is 2.72 bits per heavy atom. The summed E-state index contributed by atoms with van der Waals surface area (Å²) in [5.41, 5.74) is 6.36. The third-order valence-electron chi connectivity index (χ3n) is 2.50. The Morgan fingerprint density at radius 2 is 2.00 bits per heavy atom. The highest BCUT2D eigenvalue weighted by Gasteiger charge is 2.11. The van der Waals surface area contributed by atoms with Crippen molar-refractivity contribution >= 4 is 23.3 Å². The highest BCUT2D eigenvalue weighted by atomic mass is 35.5. The molecule has 1 aromatic carbocycles. The molecule has 4 nitrogen and oxygen atoms in total. The number of hydrogen-bond acceptors (Lipinski definition) is 4. The van der Waals surface area contributed by atoms with E-state index in [2.05, 4.69) is 0 Å². The fourth-order valence-corrected chi connectivity index (χ4v) is 1.70. The summed E-state index contributed by atoms with van der Waals surface area (Å²) >= 11 is 5.89. The third kappa shape index (κ3) is 4.94. The number of aliphatic hydroxyl groups is 1. The minimum atomic E-state index is -0.450. The van der Waals surface area contributed by atoms with Crippen LogP contribution in [-0.2, 0) is 4.74 Å². The van der Waals surface area contributed by atoms with Crippen LogP contribution in [0.1, 0.15) is 36.0 Å². The number of anilines is 1. The molecule has 0 saturated heterocycles. The summed E-state index contributed by atoms with van der Waals surface area (Å²) in [6.45, 7) is 0.564. The number of benzene rings is 1. The van der Waals surface area contributed by atoms with Crippen LogP contribution in [0.25, 0.3) is 0 Å². The average Bonchev–Trinajstić information content (AvgIpc) is 2.36. The van der Waals surface area contributed by atoms with Crippen molar-refractivity contribution in [2.45, 2.75) is 25.7 Å². The van der Waals surface area contributed by atoms with Crippen molar-refractivity contribution in [2.24, 2.45) is 0 Å². The average molecular weight is 272 g/mol. The molecule has 100 valence electrons. The number of nitrogens with two attached hydrogens (primary N) is 1. The molecule has 0 unspecified atom stereocenters. The minimum Gasteiger partial charge on any atom is -0.462 e.